The van der Waals surface area contributed by atoms with E-state index in [2.05, 4.69) is 11.4 Å². The Balaban J connectivity index is 2.05. The van der Waals surface area contributed by atoms with Crippen molar-refractivity contribution >= 4 is 34.8 Å². The number of amides is 1. The molecule has 1 unspecified atom stereocenters. The highest BCUT2D eigenvalue weighted by molar-refractivity contribution is 6.35. The Kier molecular flexibility index (Phi) is 6.22. The lowest BCUT2D eigenvalue weighted by Gasteiger charge is -2.22. The van der Waals surface area contributed by atoms with E-state index in [0.29, 0.717) is 27.8 Å². The van der Waals surface area contributed by atoms with Crippen LogP contribution in [0.5, 0.6) is 0 Å². The summed E-state index contributed by atoms with van der Waals surface area (Å²) >= 11 is 12.1. The van der Waals surface area contributed by atoms with Gasteiger partial charge in [-0.2, -0.15) is 5.26 Å². The number of nitrogens with zero attached hydrogens (tertiary/aromatic N) is 1. The molecule has 2 rings (SSSR count). The normalized spacial score (nSPS) is 13.0. The topological polar surface area (TPSA) is 57.3 Å². The van der Waals surface area contributed by atoms with Crippen LogP contribution in [0, 0.1) is 11.3 Å². The summed E-state index contributed by atoms with van der Waals surface area (Å²) < 4.78 is 0. The van der Waals surface area contributed by atoms with Crippen molar-refractivity contribution in [2.45, 2.75) is 19.5 Å². The minimum absolute atomic E-state index is 0.153. The average molecular weight is 363 g/mol. The SMILES string of the molecule is C[C@@H](C(=O)Nc1ccccc1C#N)[NH+](C)Cc1ccc(Cl)cc1Cl. The van der Waals surface area contributed by atoms with Gasteiger partial charge in [-0.3, -0.25) is 4.79 Å². The number of hydrogen-bond donors (Lipinski definition) is 2. The van der Waals surface area contributed by atoms with Crippen LogP contribution in [-0.4, -0.2) is 19.0 Å². The molecule has 1 amide bonds. The fourth-order valence-electron chi connectivity index (χ4n) is 2.27. The minimum Gasteiger partial charge on any atom is -0.324 e. The number of nitriles is 1. The number of hydrogen-bond acceptors (Lipinski definition) is 2. The summed E-state index contributed by atoms with van der Waals surface area (Å²) in [5.41, 5.74) is 1.89. The molecular weight excluding hydrogens is 345 g/mol. The zero-order valence-electron chi connectivity index (χ0n) is 13.4. The second kappa shape index (κ2) is 8.16. The molecule has 2 atom stereocenters. The van der Waals surface area contributed by atoms with Crippen molar-refractivity contribution in [2.75, 3.05) is 12.4 Å². The van der Waals surface area contributed by atoms with E-state index in [9.17, 15) is 4.79 Å². The third-order valence-corrected chi connectivity index (χ3v) is 4.51. The summed E-state index contributed by atoms with van der Waals surface area (Å²) in [6, 6.07) is 14.0. The molecule has 0 heterocycles. The lowest BCUT2D eigenvalue weighted by molar-refractivity contribution is -0.907. The maximum atomic E-state index is 12.5. The van der Waals surface area contributed by atoms with Crippen LogP contribution in [0.3, 0.4) is 0 Å². The van der Waals surface area contributed by atoms with Gasteiger partial charge in [-0.25, -0.2) is 0 Å². The van der Waals surface area contributed by atoms with Gasteiger partial charge in [-0.1, -0.05) is 41.4 Å². The van der Waals surface area contributed by atoms with Gasteiger partial charge < -0.3 is 10.2 Å². The molecular formula is C18H18Cl2N3O+. The standard InChI is InChI=1S/C18H17Cl2N3O/c1-12(18(24)22-17-6-4-3-5-13(17)10-21)23(2)11-14-7-8-15(19)9-16(14)20/h3-9,12H,11H2,1-2H3,(H,22,24)/p+1/t12-/m0/s1. The molecule has 0 spiro atoms. The number of quaternary nitrogens is 1. The molecule has 0 saturated heterocycles. The van der Waals surface area contributed by atoms with Crippen LogP contribution >= 0.6 is 23.2 Å². The lowest BCUT2D eigenvalue weighted by atomic mass is 10.1. The Bertz CT molecular complexity index is 786. The molecule has 2 aromatic rings. The monoisotopic (exact) mass is 362 g/mol. The number of likely N-dealkylation sites (N-methyl/N-ethyl adjacent to an activating group) is 1. The van der Waals surface area contributed by atoms with Crippen LogP contribution in [0.25, 0.3) is 0 Å². The zero-order valence-corrected chi connectivity index (χ0v) is 14.9. The highest BCUT2D eigenvalue weighted by Crippen LogP contribution is 2.20. The van der Waals surface area contributed by atoms with Crippen molar-refractivity contribution in [2.24, 2.45) is 0 Å². The van der Waals surface area contributed by atoms with E-state index < -0.39 is 0 Å². The molecule has 2 N–H and O–H groups in total. The van der Waals surface area contributed by atoms with E-state index in [1.165, 1.54) is 0 Å². The first-order chi connectivity index (χ1) is 11.4. The number of para-hydroxylation sites is 1. The molecule has 24 heavy (non-hydrogen) atoms. The second-order valence-corrected chi connectivity index (χ2v) is 6.47. The predicted octanol–water partition coefficient (Wildman–Crippen LogP) is 2.91. The Morgan fingerprint density at radius 3 is 2.67 bits per heavy atom. The van der Waals surface area contributed by atoms with Gasteiger partial charge in [0.25, 0.3) is 5.91 Å². The number of rotatable bonds is 5. The Labute approximate surface area is 151 Å². The molecule has 0 bridgehead atoms. The molecule has 6 heteroatoms. The summed E-state index contributed by atoms with van der Waals surface area (Å²) in [6.07, 6.45) is 0. The van der Waals surface area contributed by atoms with Crippen molar-refractivity contribution < 1.29 is 9.69 Å². The van der Waals surface area contributed by atoms with Crippen LogP contribution in [-0.2, 0) is 11.3 Å². The molecule has 0 fully saturated rings. The van der Waals surface area contributed by atoms with Gasteiger partial charge in [0.1, 0.15) is 12.6 Å². The van der Waals surface area contributed by atoms with Crippen molar-refractivity contribution in [1.82, 2.24) is 0 Å². The molecule has 4 nitrogen and oxygen atoms in total. The molecule has 0 aromatic heterocycles. The molecule has 2 aromatic carbocycles. The smallest absolute Gasteiger partial charge is 0.282 e. The van der Waals surface area contributed by atoms with Crippen LogP contribution in [0.15, 0.2) is 42.5 Å². The van der Waals surface area contributed by atoms with Gasteiger partial charge in [0.2, 0.25) is 0 Å². The zero-order chi connectivity index (χ0) is 17.7. The van der Waals surface area contributed by atoms with Gasteiger partial charge >= 0.3 is 0 Å². The van der Waals surface area contributed by atoms with E-state index in [1.54, 1.807) is 36.4 Å². The number of carbonyl (C=O) groups is 1. The predicted molar refractivity (Wildman–Crippen MR) is 96.3 cm³/mol. The van der Waals surface area contributed by atoms with Crippen molar-refractivity contribution in [3.8, 4) is 6.07 Å². The maximum Gasteiger partial charge on any atom is 0.282 e. The van der Waals surface area contributed by atoms with Crippen LogP contribution in [0.4, 0.5) is 5.69 Å². The van der Waals surface area contributed by atoms with Crippen LogP contribution in [0.2, 0.25) is 10.0 Å². The van der Waals surface area contributed by atoms with Gasteiger partial charge in [-0.05, 0) is 31.2 Å². The molecule has 0 aliphatic carbocycles. The number of anilines is 1. The summed E-state index contributed by atoms with van der Waals surface area (Å²) in [7, 11) is 1.92. The molecule has 124 valence electrons. The summed E-state index contributed by atoms with van der Waals surface area (Å²) in [5, 5.41) is 13.1. The van der Waals surface area contributed by atoms with Crippen molar-refractivity contribution in [3.63, 3.8) is 0 Å². The first kappa shape index (κ1) is 18.3. The highest BCUT2D eigenvalue weighted by atomic mass is 35.5. The molecule has 0 aliphatic heterocycles. The summed E-state index contributed by atoms with van der Waals surface area (Å²) in [6.45, 7) is 2.42. The number of nitrogens with one attached hydrogen (secondary N) is 2. The van der Waals surface area contributed by atoms with Gasteiger partial charge in [-0.15, -0.1) is 0 Å². The maximum absolute atomic E-state index is 12.5. The Hall–Kier alpha value is -2.06. The van der Waals surface area contributed by atoms with Gasteiger partial charge in [0, 0.05) is 10.6 Å². The van der Waals surface area contributed by atoms with E-state index in [0.717, 1.165) is 10.5 Å². The summed E-state index contributed by atoms with van der Waals surface area (Å²) in [5.74, 6) is -0.153. The van der Waals surface area contributed by atoms with Gasteiger partial charge in [0.15, 0.2) is 6.04 Å². The number of halogens is 2. The van der Waals surface area contributed by atoms with Crippen LogP contribution < -0.4 is 10.2 Å². The second-order valence-electron chi connectivity index (χ2n) is 5.63. The number of benzene rings is 2. The Morgan fingerprint density at radius 1 is 1.29 bits per heavy atom. The lowest BCUT2D eigenvalue weighted by Crippen LogP contribution is -3.12. The molecule has 0 aliphatic rings. The Morgan fingerprint density at radius 2 is 2.00 bits per heavy atom. The van der Waals surface area contributed by atoms with E-state index in [-0.39, 0.29) is 11.9 Å². The molecule has 0 radical (unpaired) electrons. The van der Waals surface area contributed by atoms with Gasteiger partial charge in [0.05, 0.1) is 23.3 Å². The van der Waals surface area contributed by atoms with Crippen molar-refractivity contribution in [3.05, 3.63) is 63.6 Å². The highest BCUT2D eigenvalue weighted by Gasteiger charge is 2.23. The molecule has 0 saturated carbocycles. The third-order valence-electron chi connectivity index (χ3n) is 3.92. The fourth-order valence-corrected chi connectivity index (χ4v) is 2.75. The first-order valence-electron chi connectivity index (χ1n) is 7.48. The first-order valence-corrected chi connectivity index (χ1v) is 8.24. The van der Waals surface area contributed by atoms with E-state index in [4.69, 9.17) is 28.5 Å². The minimum atomic E-state index is -0.316. The number of carbonyl (C=O) groups excluding carboxylic acids is 1. The third kappa shape index (κ3) is 4.48. The van der Waals surface area contributed by atoms with E-state index in [1.807, 2.05) is 20.0 Å². The van der Waals surface area contributed by atoms with Crippen molar-refractivity contribution in [1.29, 1.82) is 5.26 Å². The van der Waals surface area contributed by atoms with Crippen LogP contribution in [0.1, 0.15) is 18.1 Å². The summed E-state index contributed by atoms with van der Waals surface area (Å²) in [4.78, 5) is 13.4. The van der Waals surface area contributed by atoms with E-state index >= 15 is 0 Å². The fraction of sp³-hybridized carbons (Fsp3) is 0.222. The average Bonchev–Trinajstić information content (AvgIpc) is 2.57. The largest absolute Gasteiger partial charge is 0.324 e. The quantitative estimate of drug-likeness (QED) is 0.858.